The standard InChI is InChI=1S/C14H17N3O2/c1-2-10-4-3-5-12(6-10)19-9-13-16-11(8-15)7-14(18)17-13/h3-7H,2,8-9,15H2,1H3,(H,16,17,18). The molecule has 0 unspecified atom stereocenters. The highest BCUT2D eigenvalue weighted by Gasteiger charge is 2.02. The molecule has 5 nitrogen and oxygen atoms in total. The minimum absolute atomic E-state index is 0.212. The molecule has 1 aromatic carbocycles. The zero-order valence-electron chi connectivity index (χ0n) is 10.8. The van der Waals surface area contributed by atoms with Crippen molar-refractivity contribution in [3.63, 3.8) is 0 Å². The summed E-state index contributed by atoms with van der Waals surface area (Å²) in [7, 11) is 0. The predicted molar refractivity (Wildman–Crippen MR) is 72.9 cm³/mol. The number of rotatable bonds is 5. The monoisotopic (exact) mass is 259 g/mol. The fourth-order valence-electron chi connectivity index (χ4n) is 1.74. The largest absolute Gasteiger partial charge is 0.486 e. The average molecular weight is 259 g/mol. The molecule has 0 saturated carbocycles. The number of nitrogens with two attached hydrogens (primary N) is 1. The highest BCUT2D eigenvalue weighted by Crippen LogP contribution is 2.14. The molecule has 1 heterocycles. The quantitative estimate of drug-likeness (QED) is 0.849. The van der Waals surface area contributed by atoms with Gasteiger partial charge >= 0.3 is 0 Å². The van der Waals surface area contributed by atoms with Gasteiger partial charge in [-0.2, -0.15) is 0 Å². The number of ether oxygens (including phenoxy) is 1. The number of aromatic amines is 1. The van der Waals surface area contributed by atoms with Crippen molar-refractivity contribution < 1.29 is 4.74 Å². The van der Waals surface area contributed by atoms with E-state index in [1.807, 2.05) is 24.3 Å². The van der Waals surface area contributed by atoms with Crippen molar-refractivity contribution in [3.05, 3.63) is 57.8 Å². The van der Waals surface area contributed by atoms with E-state index in [0.29, 0.717) is 11.5 Å². The van der Waals surface area contributed by atoms with E-state index in [1.54, 1.807) is 0 Å². The number of hydrogen-bond acceptors (Lipinski definition) is 4. The van der Waals surface area contributed by atoms with Crippen molar-refractivity contribution in [2.24, 2.45) is 5.73 Å². The van der Waals surface area contributed by atoms with Gasteiger partial charge < -0.3 is 15.5 Å². The Balaban J connectivity index is 2.09. The van der Waals surface area contributed by atoms with Gasteiger partial charge in [-0.15, -0.1) is 0 Å². The molecule has 0 aliphatic heterocycles. The van der Waals surface area contributed by atoms with Crippen molar-refractivity contribution >= 4 is 0 Å². The Morgan fingerprint density at radius 1 is 1.37 bits per heavy atom. The summed E-state index contributed by atoms with van der Waals surface area (Å²) in [5.41, 5.74) is 7.03. The van der Waals surface area contributed by atoms with Crippen molar-refractivity contribution in [1.29, 1.82) is 0 Å². The molecule has 0 bridgehead atoms. The molecule has 0 fully saturated rings. The first-order valence-corrected chi connectivity index (χ1v) is 6.22. The Kier molecular flexibility index (Phi) is 4.30. The maximum absolute atomic E-state index is 11.4. The summed E-state index contributed by atoms with van der Waals surface area (Å²) in [6.07, 6.45) is 0.953. The van der Waals surface area contributed by atoms with Gasteiger partial charge in [0.2, 0.25) is 0 Å². The van der Waals surface area contributed by atoms with E-state index in [-0.39, 0.29) is 18.7 Å². The fraction of sp³-hybridized carbons (Fsp3) is 0.286. The van der Waals surface area contributed by atoms with Crippen LogP contribution in [0.15, 0.2) is 35.1 Å². The lowest BCUT2D eigenvalue weighted by Gasteiger charge is -2.07. The molecular weight excluding hydrogens is 242 g/mol. The maximum Gasteiger partial charge on any atom is 0.251 e. The van der Waals surface area contributed by atoms with Crippen LogP contribution >= 0.6 is 0 Å². The van der Waals surface area contributed by atoms with Gasteiger partial charge in [-0.25, -0.2) is 4.98 Å². The lowest BCUT2D eigenvalue weighted by atomic mass is 10.2. The van der Waals surface area contributed by atoms with Crippen LogP contribution in [0.2, 0.25) is 0 Å². The minimum atomic E-state index is -0.212. The molecule has 3 N–H and O–H groups in total. The van der Waals surface area contributed by atoms with E-state index in [1.165, 1.54) is 11.6 Å². The predicted octanol–water partition coefficient (Wildman–Crippen LogP) is 1.37. The maximum atomic E-state index is 11.4. The van der Waals surface area contributed by atoms with E-state index in [2.05, 4.69) is 16.9 Å². The second-order valence-corrected chi connectivity index (χ2v) is 4.18. The van der Waals surface area contributed by atoms with Crippen LogP contribution < -0.4 is 16.0 Å². The van der Waals surface area contributed by atoms with Crippen molar-refractivity contribution in [2.45, 2.75) is 26.5 Å². The minimum Gasteiger partial charge on any atom is -0.486 e. The summed E-state index contributed by atoms with van der Waals surface area (Å²) in [6.45, 7) is 2.54. The van der Waals surface area contributed by atoms with E-state index in [9.17, 15) is 4.79 Å². The summed E-state index contributed by atoms with van der Waals surface area (Å²) in [5, 5.41) is 0. The molecule has 0 aliphatic rings. The average Bonchev–Trinajstić information content (AvgIpc) is 2.44. The molecule has 2 aromatic rings. The van der Waals surface area contributed by atoms with Crippen LogP contribution in [0.25, 0.3) is 0 Å². The first-order chi connectivity index (χ1) is 9.21. The first kappa shape index (κ1) is 13.3. The van der Waals surface area contributed by atoms with Gasteiger partial charge in [0.15, 0.2) is 0 Å². The van der Waals surface area contributed by atoms with E-state index in [4.69, 9.17) is 10.5 Å². The van der Waals surface area contributed by atoms with Crippen LogP contribution in [0.1, 0.15) is 24.0 Å². The zero-order chi connectivity index (χ0) is 13.7. The molecule has 0 amide bonds. The number of nitrogens with one attached hydrogen (secondary N) is 1. The molecule has 2 rings (SSSR count). The summed E-state index contributed by atoms with van der Waals surface area (Å²) >= 11 is 0. The Morgan fingerprint density at radius 3 is 2.95 bits per heavy atom. The van der Waals surface area contributed by atoms with Crippen LogP contribution in [0.5, 0.6) is 5.75 Å². The van der Waals surface area contributed by atoms with E-state index < -0.39 is 0 Å². The van der Waals surface area contributed by atoms with Gasteiger partial charge in [0, 0.05) is 12.6 Å². The van der Waals surface area contributed by atoms with Crippen LogP contribution in [0, 0.1) is 0 Å². The van der Waals surface area contributed by atoms with Crippen molar-refractivity contribution in [3.8, 4) is 5.75 Å². The second kappa shape index (κ2) is 6.15. The summed E-state index contributed by atoms with van der Waals surface area (Å²) in [4.78, 5) is 18.2. The Morgan fingerprint density at radius 2 is 2.21 bits per heavy atom. The fourth-order valence-corrected chi connectivity index (χ4v) is 1.74. The third-order valence-electron chi connectivity index (χ3n) is 2.74. The number of hydrogen-bond donors (Lipinski definition) is 2. The topological polar surface area (TPSA) is 81.0 Å². The zero-order valence-corrected chi connectivity index (χ0v) is 10.8. The Hall–Kier alpha value is -2.14. The highest BCUT2D eigenvalue weighted by atomic mass is 16.5. The van der Waals surface area contributed by atoms with Gasteiger partial charge in [-0.05, 0) is 24.1 Å². The van der Waals surface area contributed by atoms with Crippen molar-refractivity contribution in [1.82, 2.24) is 9.97 Å². The molecule has 19 heavy (non-hydrogen) atoms. The molecule has 0 aliphatic carbocycles. The second-order valence-electron chi connectivity index (χ2n) is 4.18. The summed E-state index contributed by atoms with van der Waals surface area (Å²) in [6, 6.07) is 9.23. The number of aryl methyl sites for hydroxylation is 1. The van der Waals surface area contributed by atoms with Gasteiger partial charge in [0.05, 0.1) is 5.69 Å². The number of H-pyrrole nitrogens is 1. The van der Waals surface area contributed by atoms with Crippen LogP contribution in [-0.4, -0.2) is 9.97 Å². The highest BCUT2D eigenvalue weighted by molar-refractivity contribution is 5.28. The van der Waals surface area contributed by atoms with Gasteiger partial charge in [-0.3, -0.25) is 4.79 Å². The molecule has 0 saturated heterocycles. The van der Waals surface area contributed by atoms with Gasteiger partial charge in [-0.1, -0.05) is 19.1 Å². The Bertz CT molecular complexity index is 608. The molecular formula is C14H17N3O2. The molecule has 0 radical (unpaired) electrons. The lowest BCUT2D eigenvalue weighted by Crippen LogP contribution is -2.16. The van der Waals surface area contributed by atoms with Gasteiger partial charge in [0.25, 0.3) is 5.56 Å². The van der Waals surface area contributed by atoms with Crippen LogP contribution in [-0.2, 0) is 19.6 Å². The molecule has 5 heteroatoms. The van der Waals surface area contributed by atoms with Crippen LogP contribution in [0.4, 0.5) is 0 Å². The SMILES string of the molecule is CCc1cccc(OCc2nc(CN)cc(=O)[nH]2)c1. The number of aromatic nitrogens is 2. The van der Waals surface area contributed by atoms with Crippen molar-refractivity contribution in [2.75, 3.05) is 0 Å². The number of nitrogens with zero attached hydrogens (tertiary/aromatic N) is 1. The number of benzene rings is 1. The Labute approximate surface area is 111 Å². The third-order valence-corrected chi connectivity index (χ3v) is 2.74. The summed E-state index contributed by atoms with van der Waals surface area (Å²) < 4.78 is 5.62. The van der Waals surface area contributed by atoms with Crippen LogP contribution in [0.3, 0.4) is 0 Å². The first-order valence-electron chi connectivity index (χ1n) is 6.22. The van der Waals surface area contributed by atoms with Gasteiger partial charge in [0.1, 0.15) is 18.2 Å². The lowest BCUT2D eigenvalue weighted by molar-refractivity contribution is 0.294. The normalized spacial score (nSPS) is 10.4. The van der Waals surface area contributed by atoms with E-state index in [0.717, 1.165) is 12.2 Å². The molecule has 0 spiro atoms. The van der Waals surface area contributed by atoms with E-state index >= 15 is 0 Å². The summed E-state index contributed by atoms with van der Waals surface area (Å²) in [5.74, 6) is 1.25. The molecule has 1 aromatic heterocycles. The third kappa shape index (κ3) is 3.66. The smallest absolute Gasteiger partial charge is 0.251 e. The molecule has 100 valence electrons. The molecule has 0 atom stereocenters.